The maximum Gasteiger partial charge on any atom is 0.220 e. The summed E-state index contributed by atoms with van der Waals surface area (Å²) < 4.78 is 23.0. The van der Waals surface area contributed by atoms with E-state index in [1.807, 2.05) is 6.92 Å². The van der Waals surface area contributed by atoms with E-state index in [4.69, 9.17) is 0 Å². The molecule has 1 amide bonds. The minimum Gasteiger partial charge on any atom is -0.357 e. The highest BCUT2D eigenvalue weighted by atomic mass is 127. The van der Waals surface area contributed by atoms with Gasteiger partial charge >= 0.3 is 0 Å². The van der Waals surface area contributed by atoms with Gasteiger partial charge in [-0.3, -0.25) is 9.79 Å². The molecule has 0 aromatic rings. The van der Waals surface area contributed by atoms with Gasteiger partial charge in [0.1, 0.15) is 0 Å². The summed E-state index contributed by atoms with van der Waals surface area (Å²) in [5.74, 6) is 1.68. The van der Waals surface area contributed by atoms with Gasteiger partial charge in [0.05, 0.1) is 18.1 Å². The molecule has 1 atom stereocenters. The molecule has 1 unspecified atom stereocenters. The van der Waals surface area contributed by atoms with E-state index in [-0.39, 0.29) is 47.4 Å². The molecule has 0 bridgehead atoms. The van der Waals surface area contributed by atoms with Gasteiger partial charge in [0.25, 0.3) is 0 Å². The molecule has 3 N–H and O–H groups in total. The van der Waals surface area contributed by atoms with E-state index in [1.54, 1.807) is 0 Å². The molecule has 0 radical (unpaired) electrons. The third kappa shape index (κ3) is 8.57. The lowest BCUT2D eigenvalue weighted by Gasteiger charge is -2.16. The first-order chi connectivity index (χ1) is 11.5. The van der Waals surface area contributed by atoms with Crippen LogP contribution in [0.25, 0.3) is 0 Å². The third-order valence-electron chi connectivity index (χ3n) is 4.57. The zero-order valence-corrected chi connectivity index (χ0v) is 18.1. The lowest BCUT2D eigenvalue weighted by atomic mass is 10.0. The van der Waals surface area contributed by atoms with Crippen molar-refractivity contribution in [3.05, 3.63) is 0 Å². The first-order valence-electron chi connectivity index (χ1n) is 9.00. The second-order valence-corrected chi connectivity index (χ2v) is 8.94. The van der Waals surface area contributed by atoms with E-state index in [0.717, 1.165) is 0 Å². The second-order valence-electron chi connectivity index (χ2n) is 6.71. The van der Waals surface area contributed by atoms with Crippen molar-refractivity contribution in [3.63, 3.8) is 0 Å². The van der Waals surface area contributed by atoms with Gasteiger partial charge in [0.2, 0.25) is 5.91 Å². The molecule has 2 fully saturated rings. The van der Waals surface area contributed by atoms with Gasteiger partial charge < -0.3 is 16.0 Å². The summed E-state index contributed by atoms with van der Waals surface area (Å²) in [6.07, 6.45) is 6.08. The number of amides is 1. The van der Waals surface area contributed by atoms with Crippen LogP contribution in [-0.4, -0.2) is 57.5 Å². The molecule has 1 aliphatic carbocycles. The van der Waals surface area contributed by atoms with E-state index in [2.05, 4.69) is 20.9 Å². The van der Waals surface area contributed by atoms with Crippen molar-refractivity contribution in [1.29, 1.82) is 0 Å². The van der Waals surface area contributed by atoms with Gasteiger partial charge in [0, 0.05) is 25.6 Å². The summed E-state index contributed by atoms with van der Waals surface area (Å²) in [5, 5.41) is 9.20. The molecule has 2 rings (SSSR count). The maximum absolute atomic E-state index is 11.9. The minimum atomic E-state index is -2.91. The van der Waals surface area contributed by atoms with Crippen LogP contribution in [0.4, 0.5) is 0 Å². The molecule has 2 aliphatic rings. The Hall–Kier alpha value is -0.580. The predicted molar refractivity (Wildman–Crippen MR) is 111 cm³/mol. The SMILES string of the molecule is CCNC(=NCCNC(=O)CC1CCCC1)NC1CCS(=O)(=O)C1.I. The number of hydrogen-bond donors (Lipinski definition) is 3. The number of halogens is 1. The first-order valence-corrected chi connectivity index (χ1v) is 10.8. The number of carbonyl (C=O) groups excluding carboxylic acids is 1. The highest BCUT2D eigenvalue weighted by Gasteiger charge is 2.28. The molecular weight excluding hydrogens is 455 g/mol. The Morgan fingerprint density at radius 2 is 1.88 bits per heavy atom. The normalized spacial score (nSPS) is 23.1. The number of nitrogens with one attached hydrogen (secondary N) is 3. The molecule has 0 aromatic heterocycles. The molecule has 0 aromatic carbocycles. The number of hydrogen-bond acceptors (Lipinski definition) is 4. The Morgan fingerprint density at radius 1 is 1.16 bits per heavy atom. The number of aliphatic imine (C=N–C) groups is 1. The van der Waals surface area contributed by atoms with Crippen LogP contribution < -0.4 is 16.0 Å². The summed E-state index contributed by atoms with van der Waals surface area (Å²) >= 11 is 0. The molecule has 1 saturated heterocycles. The Bertz CT molecular complexity index is 548. The van der Waals surface area contributed by atoms with Crippen molar-refractivity contribution < 1.29 is 13.2 Å². The lowest BCUT2D eigenvalue weighted by molar-refractivity contribution is -0.121. The lowest BCUT2D eigenvalue weighted by Crippen LogP contribution is -2.44. The van der Waals surface area contributed by atoms with E-state index in [9.17, 15) is 13.2 Å². The highest BCUT2D eigenvalue weighted by molar-refractivity contribution is 14.0. The van der Waals surface area contributed by atoms with Gasteiger partial charge in [-0.05, 0) is 32.1 Å². The fourth-order valence-corrected chi connectivity index (χ4v) is 5.01. The van der Waals surface area contributed by atoms with E-state index in [0.29, 0.717) is 44.4 Å². The van der Waals surface area contributed by atoms with E-state index < -0.39 is 9.84 Å². The average molecular weight is 486 g/mol. The van der Waals surface area contributed by atoms with Gasteiger partial charge in [-0.1, -0.05) is 12.8 Å². The molecule has 146 valence electrons. The summed E-state index contributed by atoms with van der Waals surface area (Å²) in [6.45, 7) is 3.65. The van der Waals surface area contributed by atoms with Crippen LogP contribution in [0.15, 0.2) is 4.99 Å². The molecule has 0 spiro atoms. The number of guanidine groups is 1. The Labute approximate surface area is 168 Å². The second kappa shape index (κ2) is 11.2. The summed E-state index contributed by atoms with van der Waals surface area (Å²) in [6, 6.07) is -0.0789. The van der Waals surface area contributed by atoms with Crippen molar-refractivity contribution >= 4 is 45.7 Å². The van der Waals surface area contributed by atoms with Crippen LogP contribution in [0.2, 0.25) is 0 Å². The summed E-state index contributed by atoms with van der Waals surface area (Å²) in [4.78, 5) is 16.3. The smallest absolute Gasteiger partial charge is 0.220 e. The van der Waals surface area contributed by atoms with Gasteiger partial charge in [-0.25, -0.2) is 8.42 Å². The summed E-state index contributed by atoms with van der Waals surface area (Å²) in [7, 11) is -2.91. The monoisotopic (exact) mass is 486 g/mol. The van der Waals surface area contributed by atoms with Crippen molar-refractivity contribution in [3.8, 4) is 0 Å². The van der Waals surface area contributed by atoms with Crippen molar-refractivity contribution in [2.24, 2.45) is 10.9 Å². The number of rotatable bonds is 7. The molecular formula is C16H31IN4O3S. The van der Waals surface area contributed by atoms with Crippen LogP contribution in [-0.2, 0) is 14.6 Å². The predicted octanol–water partition coefficient (Wildman–Crippen LogP) is 1.04. The van der Waals surface area contributed by atoms with Crippen molar-refractivity contribution in [1.82, 2.24) is 16.0 Å². The number of nitrogens with zero attached hydrogens (tertiary/aromatic N) is 1. The molecule has 25 heavy (non-hydrogen) atoms. The highest BCUT2D eigenvalue weighted by Crippen LogP contribution is 2.27. The molecule has 9 heteroatoms. The van der Waals surface area contributed by atoms with Gasteiger partial charge in [-0.15, -0.1) is 24.0 Å². The van der Waals surface area contributed by atoms with Gasteiger partial charge in [-0.2, -0.15) is 0 Å². The van der Waals surface area contributed by atoms with Crippen molar-refractivity contribution in [2.75, 3.05) is 31.1 Å². The molecule has 1 saturated carbocycles. The van der Waals surface area contributed by atoms with Crippen LogP contribution in [0.1, 0.15) is 45.4 Å². The molecule has 1 aliphatic heterocycles. The van der Waals surface area contributed by atoms with E-state index >= 15 is 0 Å². The topological polar surface area (TPSA) is 99.7 Å². The zero-order valence-electron chi connectivity index (χ0n) is 14.9. The first kappa shape index (κ1) is 22.5. The fourth-order valence-electron chi connectivity index (χ4n) is 3.33. The number of carbonyl (C=O) groups is 1. The number of sulfone groups is 1. The van der Waals surface area contributed by atoms with Crippen LogP contribution in [0, 0.1) is 5.92 Å². The van der Waals surface area contributed by atoms with Crippen LogP contribution in [0.3, 0.4) is 0 Å². The Morgan fingerprint density at radius 3 is 2.48 bits per heavy atom. The van der Waals surface area contributed by atoms with Crippen molar-refractivity contribution in [2.45, 2.75) is 51.5 Å². The maximum atomic E-state index is 11.9. The fraction of sp³-hybridized carbons (Fsp3) is 0.875. The molecule has 7 nitrogen and oxygen atoms in total. The van der Waals surface area contributed by atoms with E-state index in [1.165, 1.54) is 25.7 Å². The summed E-state index contributed by atoms with van der Waals surface area (Å²) in [5.41, 5.74) is 0. The average Bonchev–Trinajstić information content (AvgIpc) is 3.13. The molecule has 1 heterocycles. The third-order valence-corrected chi connectivity index (χ3v) is 6.34. The Kier molecular flexibility index (Phi) is 10.1. The van der Waals surface area contributed by atoms with Gasteiger partial charge in [0.15, 0.2) is 15.8 Å². The van der Waals surface area contributed by atoms with Crippen LogP contribution >= 0.6 is 24.0 Å². The van der Waals surface area contributed by atoms with Crippen LogP contribution in [0.5, 0.6) is 0 Å². The Balaban J connectivity index is 0.00000312. The quantitative estimate of drug-likeness (QED) is 0.216. The zero-order chi connectivity index (χ0) is 17.4. The minimum absolute atomic E-state index is 0. The largest absolute Gasteiger partial charge is 0.357 e. The standard InChI is InChI=1S/C16H30N4O3S.HI/c1-2-17-16(20-14-7-10-24(22,23)12-14)19-9-8-18-15(21)11-13-5-3-4-6-13;/h13-14H,2-12H2,1H3,(H,18,21)(H2,17,19,20);1H.